The van der Waals surface area contributed by atoms with Crippen molar-refractivity contribution in [3.63, 3.8) is 0 Å². The van der Waals surface area contributed by atoms with Gasteiger partial charge in [-0.05, 0) is 37.3 Å². The zero-order valence-electron chi connectivity index (χ0n) is 17.4. The van der Waals surface area contributed by atoms with Gasteiger partial charge in [-0.3, -0.25) is 14.7 Å². The van der Waals surface area contributed by atoms with Gasteiger partial charge in [-0.25, -0.2) is 0 Å². The lowest BCUT2D eigenvalue weighted by atomic mass is 10.0. The number of hydrogen-bond acceptors (Lipinski definition) is 3. The molecule has 1 saturated heterocycles. The van der Waals surface area contributed by atoms with E-state index >= 15 is 0 Å². The van der Waals surface area contributed by atoms with Crippen molar-refractivity contribution < 1.29 is 0 Å². The van der Waals surface area contributed by atoms with Gasteiger partial charge in [0.15, 0.2) is 5.96 Å². The molecular formula is C23H33N5O. The Morgan fingerprint density at radius 3 is 2.55 bits per heavy atom. The van der Waals surface area contributed by atoms with E-state index in [2.05, 4.69) is 50.9 Å². The lowest BCUT2D eigenvalue weighted by molar-refractivity contribution is 0.198. The third kappa shape index (κ3) is 7.06. The van der Waals surface area contributed by atoms with Gasteiger partial charge in [-0.1, -0.05) is 36.4 Å². The minimum absolute atomic E-state index is 0.0662. The topological polar surface area (TPSA) is 61.7 Å². The van der Waals surface area contributed by atoms with Gasteiger partial charge in [0.25, 0.3) is 0 Å². The van der Waals surface area contributed by atoms with Crippen molar-refractivity contribution in [1.29, 1.82) is 0 Å². The van der Waals surface area contributed by atoms with Crippen molar-refractivity contribution in [2.45, 2.75) is 44.8 Å². The van der Waals surface area contributed by atoms with Crippen LogP contribution in [-0.4, -0.2) is 48.2 Å². The molecule has 2 aromatic rings. The predicted molar refractivity (Wildman–Crippen MR) is 119 cm³/mol. The Morgan fingerprint density at radius 2 is 1.83 bits per heavy atom. The van der Waals surface area contributed by atoms with Gasteiger partial charge in [0.05, 0.1) is 0 Å². The van der Waals surface area contributed by atoms with Crippen molar-refractivity contribution in [3.05, 3.63) is 70.6 Å². The summed E-state index contributed by atoms with van der Waals surface area (Å²) in [5.41, 5.74) is 1.45. The van der Waals surface area contributed by atoms with Crippen LogP contribution < -0.4 is 16.2 Å². The van der Waals surface area contributed by atoms with E-state index in [1.165, 1.54) is 5.56 Å². The number of rotatable bonds is 8. The van der Waals surface area contributed by atoms with Gasteiger partial charge >= 0.3 is 0 Å². The van der Waals surface area contributed by atoms with E-state index in [0.717, 1.165) is 64.4 Å². The van der Waals surface area contributed by atoms with Gasteiger partial charge in [-0.2, -0.15) is 0 Å². The maximum Gasteiger partial charge on any atom is 0.250 e. The molecule has 0 aliphatic carbocycles. The lowest BCUT2D eigenvalue weighted by Gasteiger charge is -2.33. The molecular weight excluding hydrogens is 362 g/mol. The highest BCUT2D eigenvalue weighted by Crippen LogP contribution is 2.13. The summed E-state index contributed by atoms with van der Waals surface area (Å²) in [4.78, 5) is 18.6. The van der Waals surface area contributed by atoms with E-state index in [1.807, 2.05) is 19.3 Å². The Labute approximate surface area is 173 Å². The average Bonchev–Trinajstić information content (AvgIpc) is 2.76. The number of unbranched alkanes of at least 4 members (excludes halogenated alkanes) is 1. The van der Waals surface area contributed by atoms with Crippen molar-refractivity contribution >= 4 is 5.96 Å². The number of pyridine rings is 1. The van der Waals surface area contributed by atoms with Crippen molar-refractivity contribution in [2.75, 3.05) is 26.7 Å². The number of aryl methyl sites for hydroxylation is 1. The summed E-state index contributed by atoms with van der Waals surface area (Å²) in [6.07, 6.45) is 6.07. The van der Waals surface area contributed by atoms with Crippen LogP contribution in [0, 0.1) is 0 Å². The van der Waals surface area contributed by atoms with E-state index < -0.39 is 0 Å². The number of nitrogens with zero attached hydrogens (tertiary/aromatic N) is 3. The SMILES string of the molecule is CN=C(NCCCCn1ccccc1=O)NC1CCN(Cc2ccccc2)CC1. The molecule has 0 unspecified atom stereocenters. The molecule has 2 N–H and O–H groups in total. The first-order chi connectivity index (χ1) is 14.2. The molecule has 0 radical (unpaired) electrons. The van der Waals surface area contributed by atoms with Crippen molar-refractivity contribution in [1.82, 2.24) is 20.1 Å². The zero-order chi connectivity index (χ0) is 20.3. The normalized spacial score (nSPS) is 16.0. The van der Waals surface area contributed by atoms with Crippen LogP contribution in [0.2, 0.25) is 0 Å². The number of benzene rings is 1. The highest BCUT2D eigenvalue weighted by atomic mass is 16.1. The summed E-state index contributed by atoms with van der Waals surface area (Å²) >= 11 is 0. The fourth-order valence-electron chi connectivity index (χ4n) is 3.72. The summed E-state index contributed by atoms with van der Waals surface area (Å²) < 4.78 is 1.76. The second-order valence-electron chi connectivity index (χ2n) is 7.62. The molecule has 29 heavy (non-hydrogen) atoms. The maximum absolute atomic E-state index is 11.7. The minimum atomic E-state index is 0.0662. The van der Waals surface area contributed by atoms with E-state index in [4.69, 9.17) is 0 Å². The standard InChI is InChI=1S/C23H33N5O/c1-24-23(25-14-6-8-16-28-15-7-5-11-22(28)29)26-21-12-17-27(18-13-21)19-20-9-3-2-4-10-20/h2-5,7,9-11,15,21H,6,8,12-14,16-19H2,1H3,(H2,24,25,26). The van der Waals surface area contributed by atoms with Crippen LogP contribution in [0.1, 0.15) is 31.2 Å². The van der Waals surface area contributed by atoms with Crippen LogP contribution in [0.3, 0.4) is 0 Å². The van der Waals surface area contributed by atoms with Crippen LogP contribution in [0.4, 0.5) is 0 Å². The maximum atomic E-state index is 11.7. The fourth-order valence-corrected chi connectivity index (χ4v) is 3.72. The lowest BCUT2D eigenvalue weighted by Crippen LogP contribution is -2.48. The summed E-state index contributed by atoms with van der Waals surface area (Å²) in [5.74, 6) is 0.878. The molecule has 1 aromatic carbocycles. The van der Waals surface area contributed by atoms with Crippen LogP contribution in [0.5, 0.6) is 0 Å². The summed E-state index contributed by atoms with van der Waals surface area (Å²) in [6.45, 7) is 4.86. The number of aliphatic imine (C=N–C) groups is 1. The monoisotopic (exact) mass is 395 g/mol. The summed E-state index contributed by atoms with van der Waals surface area (Å²) in [7, 11) is 1.82. The van der Waals surface area contributed by atoms with E-state index in [9.17, 15) is 4.79 Å². The number of nitrogens with one attached hydrogen (secondary N) is 2. The van der Waals surface area contributed by atoms with Crippen LogP contribution >= 0.6 is 0 Å². The first-order valence-electron chi connectivity index (χ1n) is 10.6. The molecule has 1 aliphatic heterocycles. The quantitative estimate of drug-likeness (QED) is 0.409. The van der Waals surface area contributed by atoms with E-state index in [1.54, 1.807) is 16.7 Å². The molecule has 0 bridgehead atoms. The number of hydrogen-bond donors (Lipinski definition) is 2. The summed E-state index contributed by atoms with van der Waals surface area (Å²) in [5, 5.41) is 6.97. The Morgan fingerprint density at radius 1 is 1.07 bits per heavy atom. The molecule has 1 fully saturated rings. The molecule has 3 rings (SSSR count). The van der Waals surface area contributed by atoms with E-state index in [0.29, 0.717) is 6.04 Å². The molecule has 1 aliphatic rings. The Hall–Kier alpha value is -2.60. The number of guanidine groups is 1. The van der Waals surface area contributed by atoms with Crippen LogP contribution in [-0.2, 0) is 13.1 Å². The third-order valence-electron chi connectivity index (χ3n) is 5.42. The minimum Gasteiger partial charge on any atom is -0.356 e. The molecule has 0 spiro atoms. The van der Waals surface area contributed by atoms with Gasteiger partial charge in [0, 0.05) is 58.1 Å². The molecule has 6 nitrogen and oxygen atoms in total. The smallest absolute Gasteiger partial charge is 0.250 e. The fraction of sp³-hybridized carbons (Fsp3) is 0.478. The van der Waals surface area contributed by atoms with Gasteiger partial charge in [0.2, 0.25) is 5.56 Å². The molecule has 156 valence electrons. The van der Waals surface area contributed by atoms with Crippen LogP contribution in [0.15, 0.2) is 64.5 Å². The molecule has 0 amide bonds. The van der Waals surface area contributed by atoms with Gasteiger partial charge < -0.3 is 15.2 Å². The highest BCUT2D eigenvalue weighted by Gasteiger charge is 2.19. The third-order valence-corrected chi connectivity index (χ3v) is 5.42. The number of likely N-dealkylation sites (tertiary alicyclic amines) is 1. The predicted octanol–water partition coefficient (Wildman–Crippen LogP) is 2.46. The molecule has 0 saturated carbocycles. The first-order valence-corrected chi connectivity index (χ1v) is 10.6. The average molecular weight is 396 g/mol. The number of aromatic nitrogens is 1. The molecule has 2 heterocycles. The zero-order valence-corrected chi connectivity index (χ0v) is 17.4. The second-order valence-corrected chi connectivity index (χ2v) is 7.62. The van der Waals surface area contributed by atoms with Gasteiger partial charge in [0.1, 0.15) is 0 Å². The highest BCUT2D eigenvalue weighted by molar-refractivity contribution is 5.79. The molecule has 6 heteroatoms. The Kier molecular flexibility index (Phi) is 8.31. The van der Waals surface area contributed by atoms with Crippen molar-refractivity contribution in [2.24, 2.45) is 4.99 Å². The van der Waals surface area contributed by atoms with Crippen molar-refractivity contribution in [3.8, 4) is 0 Å². The Bertz CT molecular complexity index is 809. The van der Waals surface area contributed by atoms with E-state index in [-0.39, 0.29) is 5.56 Å². The molecule has 0 atom stereocenters. The number of piperidine rings is 1. The largest absolute Gasteiger partial charge is 0.356 e. The second kappa shape index (κ2) is 11.4. The van der Waals surface area contributed by atoms with Gasteiger partial charge in [-0.15, -0.1) is 0 Å². The Balaban J connectivity index is 1.31. The van der Waals surface area contributed by atoms with Crippen LogP contribution in [0.25, 0.3) is 0 Å². The molecule has 1 aromatic heterocycles. The summed E-state index contributed by atoms with van der Waals surface area (Å²) in [6, 6.07) is 16.4. The first kappa shape index (κ1) is 21.1.